The second kappa shape index (κ2) is 5.00. The average molecular weight is 265 g/mol. The van der Waals surface area contributed by atoms with Gasteiger partial charge in [-0.05, 0) is 49.6 Å². The van der Waals surface area contributed by atoms with E-state index in [0.717, 1.165) is 23.5 Å². The summed E-state index contributed by atoms with van der Waals surface area (Å²) in [6.45, 7) is 7.25. The summed E-state index contributed by atoms with van der Waals surface area (Å²) in [5.41, 5.74) is 7.36. The number of hydrogen-bond acceptors (Lipinski definition) is 2. The van der Waals surface area contributed by atoms with E-state index in [1.807, 2.05) is 24.3 Å². The highest BCUT2D eigenvalue weighted by Gasteiger charge is 2.06. The van der Waals surface area contributed by atoms with Gasteiger partial charge in [-0.15, -0.1) is 0 Å². The number of rotatable bonds is 3. The van der Waals surface area contributed by atoms with Gasteiger partial charge in [-0.25, -0.2) is 4.98 Å². The van der Waals surface area contributed by atoms with Gasteiger partial charge in [0.25, 0.3) is 0 Å². The zero-order valence-corrected chi connectivity index (χ0v) is 12.1. The van der Waals surface area contributed by atoms with Crippen LogP contribution in [0.25, 0.3) is 11.0 Å². The van der Waals surface area contributed by atoms with Crippen LogP contribution in [0.15, 0.2) is 36.4 Å². The van der Waals surface area contributed by atoms with Crippen LogP contribution in [0, 0.1) is 20.8 Å². The van der Waals surface area contributed by atoms with Gasteiger partial charge in [0.2, 0.25) is 5.95 Å². The Labute approximate surface area is 119 Å². The first-order chi connectivity index (χ1) is 9.63. The first kappa shape index (κ1) is 12.7. The molecule has 0 unspecified atom stereocenters. The summed E-state index contributed by atoms with van der Waals surface area (Å²) in [6, 6.07) is 12.5. The van der Waals surface area contributed by atoms with Crippen molar-refractivity contribution in [1.29, 1.82) is 0 Å². The molecule has 0 saturated heterocycles. The van der Waals surface area contributed by atoms with Crippen LogP contribution in [0.1, 0.15) is 22.3 Å². The van der Waals surface area contributed by atoms with E-state index in [-0.39, 0.29) is 0 Å². The van der Waals surface area contributed by atoms with Crippen molar-refractivity contribution in [2.24, 2.45) is 0 Å². The zero-order chi connectivity index (χ0) is 14.1. The number of imidazole rings is 1. The van der Waals surface area contributed by atoms with Crippen LogP contribution >= 0.6 is 0 Å². The first-order valence-corrected chi connectivity index (χ1v) is 6.89. The van der Waals surface area contributed by atoms with Gasteiger partial charge >= 0.3 is 0 Å². The van der Waals surface area contributed by atoms with Crippen LogP contribution < -0.4 is 5.32 Å². The molecule has 20 heavy (non-hydrogen) atoms. The lowest BCUT2D eigenvalue weighted by molar-refractivity contribution is 1.05. The van der Waals surface area contributed by atoms with Gasteiger partial charge in [0.05, 0.1) is 11.0 Å². The Balaban J connectivity index is 1.83. The van der Waals surface area contributed by atoms with Crippen molar-refractivity contribution in [2.75, 3.05) is 5.32 Å². The van der Waals surface area contributed by atoms with Gasteiger partial charge in [-0.2, -0.15) is 0 Å². The third kappa shape index (κ3) is 2.39. The second-order valence-electron chi connectivity index (χ2n) is 5.33. The largest absolute Gasteiger partial charge is 0.352 e. The van der Waals surface area contributed by atoms with Gasteiger partial charge in [0.1, 0.15) is 0 Å². The molecule has 0 aliphatic carbocycles. The molecule has 0 amide bonds. The molecule has 3 rings (SSSR count). The number of benzene rings is 2. The van der Waals surface area contributed by atoms with Crippen LogP contribution in [0.4, 0.5) is 5.95 Å². The number of fused-ring (bicyclic) bond motifs is 1. The predicted molar refractivity (Wildman–Crippen MR) is 84.1 cm³/mol. The molecule has 1 aromatic heterocycles. The molecule has 1 heterocycles. The molecule has 0 radical (unpaired) electrons. The van der Waals surface area contributed by atoms with Crippen LogP contribution in [0.5, 0.6) is 0 Å². The van der Waals surface area contributed by atoms with Crippen LogP contribution in [0.3, 0.4) is 0 Å². The molecule has 0 saturated carbocycles. The SMILES string of the molecule is Cc1cc(C)c(CNc2nc3ccccc3[nH]2)c(C)c1. The smallest absolute Gasteiger partial charge is 0.201 e. The topological polar surface area (TPSA) is 40.7 Å². The van der Waals surface area contributed by atoms with Crippen molar-refractivity contribution in [3.05, 3.63) is 58.7 Å². The van der Waals surface area contributed by atoms with E-state index in [0.29, 0.717) is 0 Å². The zero-order valence-electron chi connectivity index (χ0n) is 12.1. The van der Waals surface area contributed by atoms with Crippen LogP contribution in [0.2, 0.25) is 0 Å². The molecule has 0 atom stereocenters. The van der Waals surface area contributed by atoms with Gasteiger partial charge in [0.15, 0.2) is 0 Å². The number of aromatic nitrogens is 2. The first-order valence-electron chi connectivity index (χ1n) is 6.89. The van der Waals surface area contributed by atoms with Gasteiger partial charge < -0.3 is 10.3 Å². The highest BCUT2D eigenvalue weighted by molar-refractivity contribution is 5.77. The molecule has 0 aliphatic rings. The maximum atomic E-state index is 4.54. The number of nitrogens with one attached hydrogen (secondary N) is 2. The Hall–Kier alpha value is -2.29. The number of nitrogens with zero attached hydrogens (tertiary/aromatic N) is 1. The molecule has 2 aromatic carbocycles. The van der Waals surface area contributed by atoms with Crippen LogP contribution in [-0.2, 0) is 6.54 Å². The molecule has 0 bridgehead atoms. The summed E-state index contributed by atoms with van der Waals surface area (Å²) in [4.78, 5) is 7.83. The lowest BCUT2D eigenvalue weighted by Gasteiger charge is -2.11. The number of hydrogen-bond donors (Lipinski definition) is 2. The van der Waals surface area contributed by atoms with E-state index in [2.05, 4.69) is 48.2 Å². The molecule has 2 N–H and O–H groups in total. The van der Waals surface area contributed by atoms with Crippen molar-refractivity contribution in [3.8, 4) is 0 Å². The molecule has 3 heteroatoms. The number of anilines is 1. The minimum atomic E-state index is 0.789. The standard InChI is InChI=1S/C17H19N3/c1-11-8-12(2)14(13(3)9-11)10-18-17-19-15-6-4-5-7-16(15)20-17/h4-9H,10H2,1-3H3,(H2,18,19,20). The Bertz CT molecular complexity index is 700. The summed E-state index contributed by atoms with van der Waals surface area (Å²) in [5.74, 6) is 0.825. The Morgan fingerprint density at radius 3 is 2.45 bits per heavy atom. The quantitative estimate of drug-likeness (QED) is 0.748. The molecule has 3 aromatic rings. The predicted octanol–water partition coefficient (Wildman–Crippen LogP) is 4.10. The van der Waals surface area contributed by atoms with Gasteiger partial charge in [-0.3, -0.25) is 0 Å². The number of aromatic amines is 1. The van der Waals surface area contributed by atoms with Crippen molar-refractivity contribution in [3.63, 3.8) is 0 Å². The lowest BCUT2D eigenvalue weighted by Crippen LogP contribution is -2.05. The van der Waals surface area contributed by atoms with E-state index in [9.17, 15) is 0 Å². The van der Waals surface area contributed by atoms with E-state index in [1.54, 1.807) is 0 Å². The molecule has 102 valence electrons. The van der Waals surface area contributed by atoms with E-state index < -0.39 is 0 Å². The summed E-state index contributed by atoms with van der Waals surface area (Å²) in [7, 11) is 0. The minimum absolute atomic E-state index is 0.789. The minimum Gasteiger partial charge on any atom is -0.352 e. The summed E-state index contributed by atoms with van der Waals surface area (Å²) < 4.78 is 0. The maximum absolute atomic E-state index is 4.54. The van der Waals surface area contributed by atoms with E-state index in [4.69, 9.17) is 0 Å². The third-order valence-electron chi connectivity index (χ3n) is 3.66. The fourth-order valence-corrected chi connectivity index (χ4v) is 2.70. The Morgan fingerprint density at radius 2 is 1.75 bits per heavy atom. The summed E-state index contributed by atoms with van der Waals surface area (Å²) in [6.07, 6.45) is 0. The number of aryl methyl sites for hydroxylation is 3. The second-order valence-corrected chi connectivity index (χ2v) is 5.33. The highest BCUT2D eigenvalue weighted by Crippen LogP contribution is 2.19. The van der Waals surface area contributed by atoms with Crippen molar-refractivity contribution in [2.45, 2.75) is 27.3 Å². The molecule has 0 aliphatic heterocycles. The average Bonchev–Trinajstić information content (AvgIpc) is 2.80. The Morgan fingerprint density at radius 1 is 1.05 bits per heavy atom. The fraction of sp³-hybridized carbons (Fsp3) is 0.235. The summed E-state index contributed by atoms with van der Waals surface area (Å²) >= 11 is 0. The fourth-order valence-electron chi connectivity index (χ4n) is 2.70. The normalized spacial score (nSPS) is 10.9. The lowest BCUT2D eigenvalue weighted by atomic mass is 10.00. The molecule has 0 fully saturated rings. The molecule has 0 spiro atoms. The Kier molecular flexibility index (Phi) is 3.18. The third-order valence-corrected chi connectivity index (χ3v) is 3.66. The molecule has 3 nitrogen and oxygen atoms in total. The van der Waals surface area contributed by atoms with Crippen molar-refractivity contribution in [1.82, 2.24) is 9.97 Å². The molecular formula is C17H19N3. The van der Waals surface area contributed by atoms with Crippen molar-refractivity contribution < 1.29 is 0 Å². The number of H-pyrrole nitrogens is 1. The van der Waals surface area contributed by atoms with Gasteiger partial charge in [-0.1, -0.05) is 29.8 Å². The van der Waals surface area contributed by atoms with E-state index >= 15 is 0 Å². The number of para-hydroxylation sites is 2. The summed E-state index contributed by atoms with van der Waals surface area (Å²) in [5, 5.41) is 3.38. The monoisotopic (exact) mass is 265 g/mol. The maximum Gasteiger partial charge on any atom is 0.201 e. The van der Waals surface area contributed by atoms with Crippen LogP contribution in [-0.4, -0.2) is 9.97 Å². The highest BCUT2D eigenvalue weighted by atomic mass is 15.1. The van der Waals surface area contributed by atoms with Crippen molar-refractivity contribution >= 4 is 17.0 Å². The molecular weight excluding hydrogens is 246 g/mol. The van der Waals surface area contributed by atoms with E-state index in [1.165, 1.54) is 22.3 Å². The van der Waals surface area contributed by atoms with Gasteiger partial charge in [0, 0.05) is 6.54 Å².